The lowest BCUT2D eigenvalue weighted by Gasteiger charge is -2.05. The van der Waals surface area contributed by atoms with E-state index in [1.54, 1.807) is 18.2 Å². The summed E-state index contributed by atoms with van der Waals surface area (Å²) in [6, 6.07) is 10.8. The minimum Gasteiger partial charge on any atom is -0.324 e. The Morgan fingerprint density at radius 2 is 2.12 bits per heavy atom. The molecule has 0 aliphatic heterocycles. The van der Waals surface area contributed by atoms with E-state index in [1.807, 2.05) is 25.1 Å². The molecule has 0 fully saturated rings. The number of hydrogen-bond donors (Lipinski definition) is 1. The van der Waals surface area contributed by atoms with Gasteiger partial charge >= 0.3 is 0 Å². The average molecular weight is 245 g/mol. The van der Waals surface area contributed by atoms with E-state index in [0.717, 1.165) is 11.4 Å². The molecule has 1 heterocycles. The molecule has 0 saturated heterocycles. The highest BCUT2D eigenvalue weighted by Gasteiger charge is 2.02. The van der Waals surface area contributed by atoms with Gasteiger partial charge in [-0.25, -0.2) is 9.97 Å². The summed E-state index contributed by atoms with van der Waals surface area (Å²) < 4.78 is 0. The van der Waals surface area contributed by atoms with Crippen molar-refractivity contribution in [2.24, 2.45) is 0 Å². The Bertz CT molecular complexity index is 589. The quantitative estimate of drug-likeness (QED) is 0.882. The minimum absolute atomic E-state index is 0.335. The zero-order valence-corrected chi connectivity index (χ0v) is 9.86. The van der Waals surface area contributed by atoms with Crippen LogP contribution >= 0.6 is 11.6 Å². The van der Waals surface area contributed by atoms with E-state index in [4.69, 9.17) is 16.9 Å². The maximum Gasteiger partial charge on any atom is 0.228 e. The maximum atomic E-state index is 8.81. The van der Waals surface area contributed by atoms with E-state index in [1.165, 1.54) is 0 Å². The molecule has 17 heavy (non-hydrogen) atoms. The molecule has 0 radical (unpaired) electrons. The number of aromatic nitrogens is 2. The van der Waals surface area contributed by atoms with Crippen LogP contribution in [0.4, 0.5) is 11.6 Å². The summed E-state index contributed by atoms with van der Waals surface area (Å²) in [6.45, 7) is 1.81. The molecular formula is C12H9ClN4. The third-order valence-corrected chi connectivity index (χ3v) is 2.28. The van der Waals surface area contributed by atoms with Gasteiger partial charge in [-0.3, -0.25) is 0 Å². The van der Waals surface area contributed by atoms with Crippen LogP contribution in [0.5, 0.6) is 0 Å². The van der Waals surface area contributed by atoms with Crippen LogP contribution in [0, 0.1) is 18.3 Å². The van der Waals surface area contributed by atoms with E-state index < -0.39 is 0 Å². The van der Waals surface area contributed by atoms with E-state index in [2.05, 4.69) is 15.3 Å². The first-order chi connectivity index (χ1) is 8.17. The molecule has 0 saturated carbocycles. The highest BCUT2D eigenvalue weighted by molar-refractivity contribution is 6.30. The zero-order chi connectivity index (χ0) is 12.3. The van der Waals surface area contributed by atoms with Crippen molar-refractivity contribution in [3.63, 3.8) is 0 Å². The number of aryl methyl sites for hydroxylation is 1. The number of nitrogens with zero attached hydrogens (tertiary/aromatic N) is 3. The molecule has 0 bridgehead atoms. The van der Waals surface area contributed by atoms with E-state index in [9.17, 15) is 0 Å². The summed E-state index contributed by atoms with van der Waals surface area (Å²) in [7, 11) is 0. The molecule has 0 unspecified atom stereocenters. The first-order valence-electron chi connectivity index (χ1n) is 4.96. The Kier molecular flexibility index (Phi) is 3.22. The molecule has 0 amide bonds. The van der Waals surface area contributed by atoms with Gasteiger partial charge in [0.15, 0.2) is 0 Å². The molecule has 0 aliphatic carbocycles. The van der Waals surface area contributed by atoms with Gasteiger partial charge in [-0.1, -0.05) is 17.7 Å². The second kappa shape index (κ2) is 4.81. The highest BCUT2D eigenvalue weighted by atomic mass is 35.5. The van der Waals surface area contributed by atoms with Crippen molar-refractivity contribution in [1.29, 1.82) is 5.26 Å². The number of nitriles is 1. The van der Waals surface area contributed by atoms with Crippen LogP contribution in [0.2, 0.25) is 5.02 Å². The summed E-state index contributed by atoms with van der Waals surface area (Å²) in [5, 5.41) is 12.4. The number of halogens is 1. The Hall–Kier alpha value is -2.12. The molecular weight excluding hydrogens is 236 g/mol. The molecule has 1 aromatic carbocycles. The molecule has 84 valence electrons. The van der Waals surface area contributed by atoms with Crippen molar-refractivity contribution >= 4 is 23.2 Å². The normalized spacial score (nSPS) is 9.71. The Morgan fingerprint density at radius 3 is 2.82 bits per heavy atom. The predicted octanol–water partition coefficient (Wildman–Crippen LogP) is 3.05. The molecule has 0 aliphatic rings. The van der Waals surface area contributed by atoms with Crippen molar-refractivity contribution in [2.45, 2.75) is 6.92 Å². The predicted molar refractivity (Wildman–Crippen MR) is 66.2 cm³/mol. The van der Waals surface area contributed by atoms with Crippen LogP contribution in [0.15, 0.2) is 30.3 Å². The topological polar surface area (TPSA) is 61.6 Å². The summed E-state index contributed by atoms with van der Waals surface area (Å²) >= 11 is 5.87. The molecule has 2 aromatic rings. The van der Waals surface area contributed by atoms with Gasteiger partial charge in [-0.2, -0.15) is 5.26 Å². The standard InChI is InChI=1S/C12H9ClN4/c1-8-5-11(7-14)17-12(15-8)16-10-4-2-3-9(13)6-10/h2-6H,1H3,(H,15,16,17). The van der Waals surface area contributed by atoms with Crippen LogP contribution in [0.1, 0.15) is 11.4 Å². The molecule has 4 nitrogen and oxygen atoms in total. The fourth-order valence-electron chi connectivity index (χ4n) is 1.38. The number of nitrogens with one attached hydrogen (secondary N) is 1. The molecule has 1 aromatic heterocycles. The van der Waals surface area contributed by atoms with Crippen molar-refractivity contribution < 1.29 is 0 Å². The SMILES string of the molecule is Cc1cc(C#N)nc(Nc2cccc(Cl)c2)n1. The van der Waals surface area contributed by atoms with Crippen LogP contribution in [-0.2, 0) is 0 Å². The fourth-order valence-corrected chi connectivity index (χ4v) is 1.57. The summed E-state index contributed by atoms with van der Waals surface area (Å²) in [5.74, 6) is 0.392. The van der Waals surface area contributed by atoms with E-state index >= 15 is 0 Å². The van der Waals surface area contributed by atoms with Crippen LogP contribution in [0.3, 0.4) is 0 Å². The average Bonchev–Trinajstić information content (AvgIpc) is 2.28. The molecule has 2 rings (SSSR count). The minimum atomic E-state index is 0.335. The number of anilines is 2. The van der Waals surface area contributed by atoms with Crippen LogP contribution in [0.25, 0.3) is 0 Å². The Labute approximate surface area is 104 Å². The van der Waals surface area contributed by atoms with Gasteiger partial charge in [0.2, 0.25) is 5.95 Å². The molecule has 0 spiro atoms. The fraction of sp³-hybridized carbons (Fsp3) is 0.0833. The Balaban J connectivity index is 2.30. The number of benzene rings is 1. The number of rotatable bonds is 2. The largest absolute Gasteiger partial charge is 0.324 e. The van der Waals surface area contributed by atoms with Gasteiger partial charge in [-0.05, 0) is 31.2 Å². The third kappa shape index (κ3) is 2.92. The lowest BCUT2D eigenvalue weighted by atomic mass is 10.3. The van der Waals surface area contributed by atoms with Gasteiger partial charge in [0, 0.05) is 16.4 Å². The smallest absolute Gasteiger partial charge is 0.228 e. The number of hydrogen-bond acceptors (Lipinski definition) is 4. The first-order valence-corrected chi connectivity index (χ1v) is 5.33. The van der Waals surface area contributed by atoms with E-state index in [0.29, 0.717) is 16.7 Å². The van der Waals surface area contributed by atoms with Crippen LogP contribution in [-0.4, -0.2) is 9.97 Å². The van der Waals surface area contributed by atoms with Gasteiger partial charge in [0.05, 0.1) is 0 Å². The van der Waals surface area contributed by atoms with Crippen molar-refractivity contribution in [3.8, 4) is 6.07 Å². The van der Waals surface area contributed by atoms with Gasteiger partial charge < -0.3 is 5.32 Å². The zero-order valence-electron chi connectivity index (χ0n) is 9.11. The van der Waals surface area contributed by atoms with Gasteiger partial charge in [-0.15, -0.1) is 0 Å². The molecule has 5 heteroatoms. The van der Waals surface area contributed by atoms with E-state index in [-0.39, 0.29) is 0 Å². The van der Waals surface area contributed by atoms with Crippen molar-refractivity contribution in [2.75, 3.05) is 5.32 Å². The van der Waals surface area contributed by atoms with Crippen molar-refractivity contribution in [3.05, 3.63) is 46.7 Å². The van der Waals surface area contributed by atoms with Crippen LogP contribution < -0.4 is 5.32 Å². The lowest BCUT2D eigenvalue weighted by molar-refractivity contribution is 1.09. The Morgan fingerprint density at radius 1 is 1.29 bits per heavy atom. The third-order valence-electron chi connectivity index (χ3n) is 2.05. The second-order valence-corrected chi connectivity index (χ2v) is 3.90. The van der Waals surface area contributed by atoms with Crippen molar-refractivity contribution in [1.82, 2.24) is 9.97 Å². The second-order valence-electron chi connectivity index (χ2n) is 3.47. The summed E-state index contributed by atoms with van der Waals surface area (Å²) in [5.41, 5.74) is 1.86. The first kappa shape index (κ1) is 11.4. The van der Waals surface area contributed by atoms with Gasteiger partial charge in [0.1, 0.15) is 11.8 Å². The monoisotopic (exact) mass is 244 g/mol. The summed E-state index contributed by atoms with van der Waals surface area (Å²) in [4.78, 5) is 8.24. The maximum absolute atomic E-state index is 8.81. The summed E-state index contributed by atoms with van der Waals surface area (Å²) in [6.07, 6.45) is 0. The van der Waals surface area contributed by atoms with Gasteiger partial charge in [0.25, 0.3) is 0 Å². The molecule has 0 atom stereocenters. The highest BCUT2D eigenvalue weighted by Crippen LogP contribution is 2.18. The molecule has 1 N–H and O–H groups in total. The lowest BCUT2D eigenvalue weighted by Crippen LogP contribution is -2.00.